The maximum atomic E-state index is 4.70. The smallest absolute Gasteiger partial charge is 0.128 e. The van der Waals surface area contributed by atoms with E-state index in [1.807, 2.05) is 0 Å². The number of nitrogens with zero attached hydrogens (tertiary/aromatic N) is 2. The molecule has 0 bridgehead atoms. The summed E-state index contributed by atoms with van der Waals surface area (Å²) in [6.07, 6.45) is 8.67. The van der Waals surface area contributed by atoms with E-state index in [9.17, 15) is 0 Å². The van der Waals surface area contributed by atoms with E-state index in [1.54, 1.807) is 0 Å². The number of hydrogen-bond donors (Lipinski definition) is 1. The molecule has 0 spiro atoms. The summed E-state index contributed by atoms with van der Waals surface area (Å²) in [6, 6.07) is 5.96. The van der Waals surface area contributed by atoms with Crippen LogP contribution in [0.3, 0.4) is 0 Å². The summed E-state index contributed by atoms with van der Waals surface area (Å²) < 4.78 is 0. The third-order valence-corrected chi connectivity index (χ3v) is 4.21. The fourth-order valence-electron chi connectivity index (χ4n) is 2.51. The van der Waals surface area contributed by atoms with Gasteiger partial charge in [0.05, 0.1) is 0 Å². The molecule has 3 heteroatoms. The van der Waals surface area contributed by atoms with Crippen LogP contribution in [0.15, 0.2) is 18.3 Å². The van der Waals surface area contributed by atoms with Crippen molar-refractivity contribution in [2.75, 3.05) is 11.4 Å². The van der Waals surface area contributed by atoms with E-state index in [0.29, 0.717) is 0 Å². The Labute approximate surface area is 122 Å². The van der Waals surface area contributed by atoms with E-state index < -0.39 is 0 Å². The minimum atomic E-state index is 0.747. The Morgan fingerprint density at radius 1 is 1.25 bits per heavy atom. The molecule has 110 valence electrons. The molecule has 0 aliphatic heterocycles. The first-order valence-corrected chi connectivity index (χ1v) is 8.17. The van der Waals surface area contributed by atoms with Gasteiger partial charge < -0.3 is 10.2 Å². The monoisotopic (exact) mass is 273 g/mol. The average molecular weight is 273 g/mol. The first-order chi connectivity index (χ1) is 9.72. The van der Waals surface area contributed by atoms with Crippen LogP contribution in [0, 0.1) is 5.92 Å². The topological polar surface area (TPSA) is 28.2 Å². The number of rotatable bonds is 8. The molecule has 2 aliphatic carbocycles. The van der Waals surface area contributed by atoms with Crippen LogP contribution in [-0.2, 0) is 6.54 Å². The highest BCUT2D eigenvalue weighted by Crippen LogP contribution is 2.31. The molecule has 1 heterocycles. The molecule has 20 heavy (non-hydrogen) atoms. The Morgan fingerprint density at radius 3 is 2.60 bits per heavy atom. The molecular formula is C17H27N3. The Balaban J connectivity index is 1.58. The molecule has 3 rings (SSSR count). The Kier molecular flexibility index (Phi) is 4.25. The highest BCUT2D eigenvalue weighted by molar-refractivity contribution is 5.42. The van der Waals surface area contributed by atoms with Crippen molar-refractivity contribution in [3.05, 3.63) is 23.9 Å². The van der Waals surface area contributed by atoms with Gasteiger partial charge in [-0.3, -0.25) is 0 Å². The lowest BCUT2D eigenvalue weighted by molar-refractivity contribution is 0.568. The standard InChI is InChI=1S/C17H27N3/c1-13(2)9-10-20(16-6-7-16)17-8-3-14(12-19-17)11-18-15-4-5-15/h3,8,12-13,15-16,18H,4-7,9-11H2,1-2H3. The van der Waals surface area contributed by atoms with Crippen LogP contribution >= 0.6 is 0 Å². The number of pyridine rings is 1. The molecule has 1 N–H and O–H groups in total. The fourth-order valence-corrected chi connectivity index (χ4v) is 2.51. The van der Waals surface area contributed by atoms with E-state index in [-0.39, 0.29) is 0 Å². The molecule has 0 atom stereocenters. The second-order valence-corrected chi connectivity index (χ2v) is 6.79. The molecule has 2 saturated carbocycles. The lowest BCUT2D eigenvalue weighted by Crippen LogP contribution is -2.28. The molecule has 3 nitrogen and oxygen atoms in total. The summed E-state index contributed by atoms with van der Waals surface area (Å²) in [5, 5.41) is 3.54. The van der Waals surface area contributed by atoms with Crippen LogP contribution in [0.5, 0.6) is 0 Å². The Morgan fingerprint density at radius 2 is 2.05 bits per heavy atom. The minimum Gasteiger partial charge on any atom is -0.354 e. The van der Waals surface area contributed by atoms with Crippen LogP contribution in [-0.4, -0.2) is 23.6 Å². The van der Waals surface area contributed by atoms with Gasteiger partial charge in [-0.25, -0.2) is 4.98 Å². The fraction of sp³-hybridized carbons (Fsp3) is 0.706. The number of hydrogen-bond acceptors (Lipinski definition) is 3. The van der Waals surface area contributed by atoms with Gasteiger partial charge in [0.1, 0.15) is 5.82 Å². The molecule has 2 fully saturated rings. The first-order valence-electron chi connectivity index (χ1n) is 8.17. The largest absolute Gasteiger partial charge is 0.354 e. The van der Waals surface area contributed by atoms with E-state index in [1.165, 1.54) is 43.5 Å². The van der Waals surface area contributed by atoms with Gasteiger partial charge >= 0.3 is 0 Å². The zero-order chi connectivity index (χ0) is 13.9. The Hall–Kier alpha value is -1.09. The highest BCUT2D eigenvalue weighted by atomic mass is 15.2. The summed E-state index contributed by atoms with van der Waals surface area (Å²) in [5.41, 5.74) is 1.31. The van der Waals surface area contributed by atoms with Crippen molar-refractivity contribution in [3.63, 3.8) is 0 Å². The zero-order valence-corrected chi connectivity index (χ0v) is 12.8. The second kappa shape index (κ2) is 6.13. The first kappa shape index (κ1) is 13.9. The predicted molar refractivity (Wildman–Crippen MR) is 83.9 cm³/mol. The molecule has 0 saturated heterocycles. The SMILES string of the molecule is CC(C)CCN(c1ccc(CNC2CC2)cn1)C1CC1. The van der Waals surface area contributed by atoms with Crippen molar-refractivity contribution in [2.45, 2.75) is 64.6 Å². The lowest BCUT2D eigenvalue weighted by atomic mass is 10.1. The van der Waals surface area contributed by atoms with Crippen molar-refractivity contribution >= 4 is 5.82 Å². The molecule has 0 unspecified atom stereocenters. The van der Waals surface area contributed by atoms with Crippen LogP contribution in [0.1, 0.15) is 51.5 Å². The van der Waals surface area contributed by atoms with Crippen molar-refractivity contribution in [3.8, 4) is 0 Å². The highest BCUT2D eigenvalue weighted by Gasteiger charge is 2.29. The number of anilines is 1. The van der Waals surface area contributed by atoms with Crippen LogP contribution in [0.2, 0.25) is 0 Å². The predicted octanol–water partition coefficient (Wildman–Crippen LogP) is 3.35. The van der Waals surface area contributed by atoms with E-state index in [0.717, 1.165) is 31.1 Å². The maximum Gasteiger partial charge on any atom is 0.128 e. The second-order valence-electron chi connectivity index (χ2n) is 6.79. The zero-order valence-electron chi connectivity index (χ0n) is 12.8. The Bertz CT molecular complexity index is 418. The lowest BCUT2D eigenvalue weighted by Gasteiger charge is -2.24. The molecule has 1 aromatic heterocycles. The summed E-state index contributed by atoms with van der Waals surface area (Å²) >= 11 is 0. The molecule has 2 aliphatic rings. The molecule has 0 amide bonds. The van der Waals surface area contributed by atoms with E-state index in [4.69, 9.17) is 4.98 Å². The summed E-state index contributed by atoms with van der Waals surface area (Å²) in [5.74, 6) is 1.93. The van der Waals surface area contributed by atoms with Crippen molar-refractivity contribution in [1.29, 1.82) is 0 Å². The van der Waals surface area contributed by atoms with Gasteiger partial charge in [0, 0.05) is 31.4 Å². The van der Waals surface area contributed by atoms with Crippen LogP contribution in [0.4, 0.5) is 5.82 Å². The number of nitrogens with one attached hydrogen (secondary N) is 1. The average Bonchev–Trinajstić information content (AvgIpc) is 3.31. The van der Waals surface area contributed by atoms with Gasteiger partial charge in [0.25, 0.3) is 0 Å². The number of aromatic nitrogens is 1. The molecular weight excluding hydrogens is 246 g/mol. The van der Waals surface area contributed by atoms with E-state index >= 15 is 0 Å². The maximum absolute atomic E-state index is 4.70. The van der Waals surface area contributed by atoms with Crippen LogP contribution in [0.25, 0.3) is 0 Å². The van der Waals surface area contributed by atoms with Gasteiger partial charge in [0.2, 0.25) is 0 Å². The summed E-state index contributed by atoms with van der Waals surface area (Å²) in [7, 11) is 0. The van der Waals surface area contributed by atoms with E-state index in [2.05, 4.69) is 42.4 Å². The summed E-state index contributed by atoms with van der Waals surface area (Å²) in [4.78, 5) is 7.21. The normalized spacial score (nSPS) is 18.6. The van der Waals surface area contributed by atoms with Crippen molar-refractivity contribution < 1.29 is 0 Å². The third-order valence-electron chi connectivity index (χ3n) is 4.21. The van der Waals surface area contributed by atoms with Crippen LogP contribution < -0.4 is 10.2 Å². The van der Waals surface area contributed by atoms with Gasteiger partial charge in [0.15, 0.2) is 0 Å². The van der Waals surface area contributed by atoms with Gasteiger partial charge in [-0.2, -0.15) is 0 Å². The molecule has 0 radical (unpaired) electrons. The van der Waals surface area contributed by atoms with Gasteiger partial charge in [-0.1, -0.05) is 19.9 Å². The minimum absolute atomic E-state index is 0.747. The van der Waals surface area contributed by atoms with Gasteiger partial charge in [-0.05, 0) is 49.7 Å². The van der Waals surface area contributed by atoms with Crippen molar-refractivity contribution in [1.82, 2.24) is 10.3 Å². The van der Waals surface area contributed by atoms with Crippen molar-refractivity contribution in [2.24, 2.45) is 5.92 Å². The molecule has 1 aromatic rings. The molecule has 0 aromatic carbocycles. The van der Waals surface area contributed by atoms with Gasteiger partial charge in [-0.15, -0.1) is 0 Å². The summed E-state index contributed by atoms with van der Waals surface area (Å²) in [6.45, 7) is 6.71. The third kappa shape index (κ3) is 3.95. The quantitative estimate of drug-likeness (QED) is 0.787.